The van der Waals surface area contributed by atoms with E-state index in [1.807, 2.05) is 0 Å². The number of hydrogen-bond donors (Lipinski definition) is 2. The molecule has 0 aromatic carbocycles. The highest BCUT2D eigenvalue weighted by Crippen LogP contribution is 2.16. The number of rotatable bonds is 4. The largest absolute Gasteiger partial charge is 0.374 e. The highest BCUT2D eigenvalue weighted by Gasteiger charge is 2.26. The van der Waals surface area contributed by atoms with Gasteiger partial charge in [0.05, 0.1) is 12.7 Å². The fourth-order valence-electron chi connectivity index (χ4n) is 2.92. The van der Waals surface area contributed by atoms with Crippen molar-refractivity contribution < 1.29 is 9.53 Å². The summed E-state index contributed by atoms with van der Waals surface area (Å²) in [6.07, 6.45) is 2.04. The van der Waals surface area contributed by atoms with Gasteiger partial charge in [-0.15, -0.1) is 0 Å². The Labute approximate surface area is 116 Å². The van der Waals surface area contributed by atoms with E-state index in [1.54, 1.807) is 0 Å². The number of likely N-dealkylation sites (N-methyl/N-ethyl adjacent to an activating group) is 1. The maximum Gasteiger partial charge on any atom is 0.223 e. The molecule has 0 spiro atoms. The number of piperidine rings is 1. The monoisotopic (exact) mass is 269 g/mol. The van der Waals surface area contributed by atoms with Crippen LogP contribution in [-0.4, -0.2) is 62.3 Å². The summed E-state index contributed by atoms with van der Waals surface area (Å²) in [5.41, 5.74) is 0. The fourth-order valence-corrected chi connectivity index (χ4v) is 2.92. The van der Waals surface area contributed by atoms with Crippen LogP contribution in [0.25, 0.3) is 0 Å². The van der Waals surface area contributed by atoms with Crippen LogP contribution < -0.4 is 10.6 Å². The molecule has 1 amide bonds. The van der Waals surface area contributed by atoms with E-state index in [4.69, 9.17) is 4.74 Å². The minimum atomic E-state index is 0.150. The smallest absolute Gasteiger partial charge is 0.223 e. The van der Waals surface area contributed by atoms with Gasteiger partial charge in [-0.25, -0.2) is 0 Å². The minimum absolute atomic E-state index is 0.150. The zero-order valence-electron chi connectivity index (χ0n) is 12.2. The van der Waals surface area contributed by atoms with Crippen molar-refractivity contribution in [2.75, 3.05) is 39.3 Å². The van der Waals surface area contributed by atoms with Gasteiger partial charge in [0.2, 0.25) is 5.91 Å². The van der Waals surface area contributed by atoms with Gasteiger partial charge in [-0.1, -0.05) is 6.92 Å². The molecular formula is C14H27N3O2. The van der Waals surface area contributed by atoms with Crippen molar-refractivity contribution in [3.63, 3.8) is 0 Å². The SMILES string of the molecule is CCN1CCOC(CNC(=O)C2CCNC(C)C2)C1. The first-order chi connectivity index (χ1) is 9.19. The molecule has 2 aliphatic heterocycles. The number of ether oxygens (including phenoxy) is 1. The Bertz CT molecular complexity index is 298. The maximum absolute atomic E-state index is 12.1. The average molecular weight is 269 g/mol. The third-order valence-corrected chi connectivity index (χ3v) is 4.17. The summed E-state index contributed by atoms with van der Waals surface area (Å²) in [7, 11) is 0. The Morgan fingerprint density at radius 2 is 2.37 bits per heavy atom. The first-order valence-corrected chi connectivity index (χ1v) is 7.54. The van der Waals surface area contributed by atoms with Crippen LogP contribution >= 0.6 is 0 Å². The predicted octanol–water partition coefficient (Wildman–Crippen LogP) is 0.211. The van der Waals surface area contributed by atoms with Crippen LogP contribution in [0.3, 0.4) is 0 Å². The highest BCUT2D eigenvalue weighted by molar-refractivity contribution is 5.78. The van der Waals surface area contributed by atoms with Crippen LogP contribution in [0.5, 0.6) is 0 Å². The van der Waals surface area contributed by atoms with E-state index in [1.165, 1.54) is 0 Å². The zero-order valence-corrected chi connectivity index (χ0v) is 12.2. The van der Waals surface area contributed by atoms with Crippen LogP contribution in [0.15, 0.2) is 0 Å². The Morgan fingerprint density at radius 3 is 3.11 bits per heavy atom. The molecule has 2 rings (SSSR count). The second-order valence-corrected chi connectivity index (χ2v) is 5.71. The molecule has 2 heterocycles. The average Bonchev–Trinajstić information content (AvgIpc) is 2.45. The van der Waals surface area contributed by atoms with Crippen LogP contribution in [-0.2, 0) is 9.53 Å². The number of amides is 1. The van der Waals surface area contributed by atoms with Gasteiger partial charge in [0.1, 0.15) is 0 Å². The summed E-state index contributed by atoms with van der Waals surface area (Å²) in [5.74, 6) is 0.368. The summed E-state index contributed by atoms with van der Waals surface area (Å²) < 4.78 is 5.70. The quantitative estimate of drug-likeness (QED) is 0.766. The molecule has 0 saturated carbocycles. The van der Waals surface area contributed by atoms with Crippen molar-refractivity contribution in [1.29, 1.82) is 0 Å². The Balaban J connectivity index is 1.70. The first kappa shape index (κ1) is 14.8. The summed E-state index contributed by atoms with van der Waals surface area (Å²) in [4.78, 5) is 14.5. The van der Waals surface area contributed by atoms with Crippen LogP contribution in [0.2, 0.25) is 0 Å². The molecule has 110 valence electrons. The van der Waals surface area contributed by atoms with Gasteiger partial charge >= 0.3 is 0 Å². The van der Waals surface area contributed by atoms with E-state index >= 15 is 0 Å². The molecule has 3 unspecified atom stereocenters. The van der Waals surface area contributed by atoms with Gasteiger partial charge in [0.25, 0.3) is 0 Å². The van der Waals surface area contributed by atoms with Crippen molar-refractivity contribution in [3.05, 3.63) is 0 Å². The van der Waals surface area contributed by atoms with Gasteiger partial charge in [-0.3, -0.25) is 9.69 Å². The summed E-state index contributed by atoms with van der Waals surface area (Å²) >= 11 is 0. The maximum atomic E-state index is 12.1. The van der Waals surface area contributed by atoms with Crippen molar-refractivity contribution >= 4 is 5.91 Å². The summed E-state index contributed by atoms with van der Waals surface area (Å²) in [5, 5.41) is 6.44. The number of carbonyl (C=O) groups is 1. The molecule has 19 heavy (non-hydrogen) atoms. The van der Waals surface area contributed by atoms with Crippen molar-refractivity contribution in [2.45, 2.75) is 38.8 Å². The Hall–Kier alpha value is -0.650. The molecule has 0 aromatic heterocycles. The molecule has 3 atom stereocenters. The van der Waals surface area contributed by atoms with E-state index in [-0.39, 0.29) is 17.9 Å². The first-order valence-electron chi connectivity index (χ1n) is 7.54. The zero-order chi connectivity index (χ0) is 13.7. The molecular weight excluding hydrogens is 242 g/mol. The summed E-state index contributed by atoms with van der Waals surface area (Å²) in [6, 6.07) is 0.450. The minimum Gasteiger partial charge on any atom is -0.374 e. The van der Waals surface area contributed by atoms with Crippen molar-refractivity contribution in [1.82, 2.24) is 15.5 Å². The molecule has 0 aromatic rings. The van der Waals surface area contributed by atoms with E-state index in [0.717, 1.165) is 45.6 Å². The third-order valence-electron chi connectivity index (χ3n) is 4.17. The molecule has 5 nitrogen and oxygen atoms in total. The van der Waals surface area contributed by atoms with Gasteiger partial charge in [-0.05, 0) is 32.9 Å². The molecule has 5 heteroatoms. The lowest BCUT2D eigenvalue weighted by Crippen LogP contribution is -2.49. The van der Waals surface area contributed by atoms with Gasteiger partial charge in [0, 0.05) is 31.6 Å². The Morgan fingerprint density at radius 1 is 1.53 bits per heavy atom. The lowest BCUT2D eigenvalue weighted by atomic mass is 9.92. The topological polar surface area (TPSA) is 53.6 Å². The molecule has 2 aliphatic rings. The van der Waals surface area contributed by atoms with E-state index in [2.05, 4.69) is 29.4 Å². The second-order valence-electron chi connectivity index (χ2n) is 5.71. The van der Waals surface area contributed by atoms with E-state index < -0.39 is 0 Å². The highest BCUT2D eigenvalue weighted by atomic mass is 16.5. The second kappa shape index (κ2) is 7.22. The van der Waals surface area contributed by atoms with Crippen molar-refractivity contribution in [2.24, 2.45) is 5.92 Å². The van der Waals surface area contributed by atoms with E-state index in [9.17, 15) is 4.79 Å². The Kier molecular flexibility index (Phi) is 5.60. The molecule has 2 N–H and O–H groups in total. The van der Waals surface area contributed by atoms with Gasteiger partial charge in [-0.2, -0.15) is 0 Å². The molecule has 0 radical (unpaired) electrons. The van der Waals surface area contributed by atoms with Crippen LogP contribution in [0, 0.1) is 5.92 Å². The number of morpholine rings is 1. The fraction of sp³-hybridized carbons (Fsp3) is 0.929. The number of carbonyl (C=O) groups excluding carboxylic acids is 1. The molecule has 0 aliphatic carbocycles. The standard InChI is InChI=1S/C14H27N3O2/c1-3-17-6-7-19-13(10-17)9-16-14(18)12-4-5-15-11(2)8-12/h11-13,15H,3-10H2,1-2H3,(H,16,18). The van der Waals surface area contributed by atoms with E-state index in [0.29, 0.717) is 12.6 Å². The number of hydrogen-bond acceptors (Lipinski definition) is 4. The molecule has 2 fully saturated rings. The van der Waals surface area contributed by atoms with Gasteiger partial charge in [0.15, 0.2) is 0 Å². The van der Waals surface area contributed by atoms with Crippen LogP contribution in [0.1, 0.15) is 26.7 Å². The molecule has 0 bridgehead atoms. The lowest BCUT2D eigenvalue weighted by molar-refractivity contribution is -0.127. The van der Waals surface area contributed by atoms with Crippen LogP contribution in [0.4, 0.5) is 0 Å². The summed E-state index contributed by atoms with van der Waals surface area (Å²) in [6.45, 7) is 9.67. The van der Waals surface area contributed by atoms with Crippen molar-refractivity contribution in [3.8, 4) is 0 Å². The number of nitrogens with zero attached hydrogens (tertiary/aromatic N) is 1. The third kappa shape index (κ3) is 4.44. The predicted molar refractivity (Wildman–Crippen MR) is 75.1 cm³/mol. The van der Waals surface area contributed by atoms with Gasteiger partial charge < -0.3 is 15.4 Å². The molecule has 2 saturated heterocycles. The normalized spacial score (nSPS) is 33.1. The number of nitrogens with one attached hydrogen (secondary N) is 2. The lowest BCUT2D eigenvalue weighted by Gasteiger charge is -2.33.